The molecule has 6 rings (SSSR count). The van der Waals surface area contributed by atoms with Crippen LogP contribution in [0.15, 0.2) is 66.4 Å². The summed E-state index contributed by atoms with van der Waals surface area (Å²) in [6, 6.07) is 9.03. The molecule has 8 atom stereocenters. The van der Waals surface area contributed by atoms with E-state index < -0.39 is 71.6 Å². The van der Waals surface area contributed by atoms with Gasteiger partial charge >= 0.3 is 12.1 Å². The SMILES string of the molecule is COc1cc2cc(c1Cl)N(C)C(=O)C[C@H](OC(=O)[C@H](C)N(C)C(=O)c1ccc(N)c3ncccc13)[C@]1(C)O[C@H]1[C@H](C)[C@@H]1C[C@@](O)(NC(=O)O1)[C@H](OC)/C=C/C=C(\C)C2. The van der Waals surface area contributed by atoms with Crippen molar-refractivity contribution in [3.63, 3.8) is 0 Å². The van der Waals surface area contributed by atoms with Crippen molar-refractivity contribution in [2.75, 3.05) is 38.9 Å². The predicted octanol–water partition coefficient (Wildman–Crippen LogP) is 4.96. The largest absolute Gasteiger partial charge is 0.495 e. The van der Waals surface area contributed by atoms with Gasteiger partial charge in [0.2, 0.25) is 5.91 Å². The van der Waals surface area contributed by atoms with E-state index >= 15 is 0 Å². The van der Waals surface area contributed by atoms with Crippen LogP contribution in [0.4, 0.5) is 16.2 Å². The number of alkyl carbamates (subject to hydrolysis) is 1. The zero-order valence-electron chi connectivity index (χ0n) is 33.8. The average molecular weight is 820 g/mol. The van der Waals surface area contributed by atoms with Crippen molar-refractivity contribution in [2.24, 2.45) is 5.92 Å². The molecule has 4 bridgehead atoms. The highest BCUT2D eigenvalue weighted by Gasteiger charge is 2.64. The number of hydrogen-bond acceptors (Lipinski definition) is 12. The molecule has 0 spiro atoms. The minimum atomic E-state index is -1.85. The molecule has 1 aromatic heterocycles. The Morgan fingerprint density at radius 1 is 1.21 bits per heavy atom. The third kappa shape index (κ3) is 8.21. The first-order chi connectivity index (χ1) is 27.4. The summed E-state index contributed by atoms with van der Waals surface area (Å²) in [5, 5.41) is 15.0. The summed E-state index contributed by atoms with van der Waals surface area (Å²) in [6.07, 6.45) is 2.25. The van der Waals surface area contributed by atoms with E-state index in [4.69, 9.17) is 41.0 Å². The van der Waals surface area contributed by atoms with Crippen molar-refractivity contribution in [1.29, 1.82) is 0 Å². The van der Waals surface area contributed by atoms with Crippen LogP contribution in [0.1, 0.15) is 56.5 Å². The van der Waals surface area contributed by atoms with Crippen molar-refractivity contribution in [1.82, 2.24) is 15.2 Å². The Labute approximate surface area is 342 Å². The van der Waals surface area contributed by atoms with Gasteiger partial charge in [-0.2, -0.15) is 0 Å². The predicted molar refractivity (Wildman–Crippen MR) is 216 cm³/mol. The Balaban J connectivity index is 1.35. The minimum Gasteiger partial charge on any atom is -0.495 e. The molecule has 4 N–H and O–H groups in total. The number of likely N-dealkylation sites (N-methyl/N-ethyl adjacent to an activating group) is 1. The number of benzene rings is 2. The van der Waals surface area contributed by atoms with Gasteiger partial charge in [-0.05, 0) is 63.1 Å². The second kappa shape index (κ2) is 16.6. The molecule has 2 aromatic carbocycles. The van der Waals surface area contributed by atoms with E-state index in [0.717, 1.165) is 11.1 Å². The molecule has 0 radical (unpaired) electrons. The fourth-order valence-corrected chi connectivity index (χ4v) is 8.06. The van der Waals surface area contributed by atoms with E-state index in [0.29, 0.717) is 34.4 Å². The molecule has 310 valence electrons. The Kier molecular flexibility index (Phi) is 12.1. The lowest BCUT2D eigenvalue weighted by molar-refractivity contribution is -0.158. The topological polar surface area (TPSA) is 195 Å². The number of epoxide rings is 1. The monoisotopic (exact) mass is 819 g/mol. The first-order valence-corrected chi connectivity index (χ1v) is 19.3. The first-order valence-electron chi connectivity index (χ1n) is 18.9. The molecule has 58 heavy (non-hydrogen) atoms. The number of halogens is 1. The lowest BCUT2D eigenvalue weighted by atomic mass is 9.83. The number of ether oxygens (including phenoxy) is 5. The Bertz CT molecular complexity index is 2180. The number of methoxy groups -OCH3 is 2. The van der Waals surface area contributed by atoms with Crippen LogP contribution in [0, 0.1) is 5.92 Å². The smallest absolute Gasteiger partial charge is 0.409 e. The van der Waals surface area contributed by atoms with Gasteiger partial charge in [0, 0.05) is 50.7 Å². The molecule has 0 saturated carbocycles. The maximum Gasteiger partial charge on any atom is 0.409 e. The Morgan fingerprint density at radius 3 is 2.66 bits per heavy atom. The summed E-state index contributed by atoms with van der Waals surface area (Å²) in [5.74, 6) is -1.94. The lowest BCUT2D eigenvalue weighted by Crippen LogP contribution is -2.63. The molecule has 3 amide bonds. The molecule has 4 heterocycles. The van der Waals surface area contributed by atoms with Crippen LogP contribution in [0.5, 0.6) is 5.75 Å². The fraction of sp³-hybridized carbons (Fsp3) is 0.452. The van der Waals surface area contributed by atoms with E-state index in [1.165, 1.54) is 38.0 Å². The standard InChI is InChI=1S/C42H50ClN5O10/c1-22-11-9-13-32(55-8)42(53)21-31(56-40(52)46-42)23(2)37-41(4,58-37)33(20-34(49)48(6)29-18-25(17-22)19-30(54-7)35(29)43)57-39(51)24(3)47(5)38(50)27-14-15-28(44)36-26(27)12-10-16-45-36/h9-16,18-19,23-24,31-33,37,53H,17,20-21,44H2,1-8H3,(H,46,52)/b13-9+,22-11+/t23-,24+,31+,32-,33+,37+,41+,42+/m1/s1. The van der Waals surface area contributed by atoms with Gasteiger partial charge in [-0.1, -0.05) is 48.4 Å². The third-order valence-corrected chi connectivity index (χ3v) is 11.9. The van der Waals surface area contributed by atoms with E-state index in [9.17, 15) is 24.3 Å². The van der Waals surface area contributed by atoms with Crippen molar-refractivity contribution in [3.05, 3.63) is 82.5 Å². The number of hydrogen-bond donors (Lipinski definition) is 3. The number of esters is 1. The Morgan fingerprint density at radius 2 is 1.95 bits per heavy atom. The number of allylic oxidation sites excluding steroid dienone is 3. The summed E-state index contributed by atoms with van der Waals surface area (Å²) >= 11 is 6.79. The molecular formula is C42H50ClN5O10. The number of nitrogens with one attached hydrogen (secondary N) is 1. The fourth-order valence-electron chi connectivity index (χ4n) is 7.75. The number of carbonyl (C=O) groups is 4. The second-order valence-corrected chi connectivity index (χ2v) is 15.8. The van der Waals surface area contributed by atoms with Crippen molar-refractivity contribution < 1.29 is 48.0 Å². The van der Waals surface area contributed by atoms with E-state index in [-0.39, 0.29) is 23.4 Å². The zero-order chi connectivity index (χ0) is 42.3. The number of carbonyl (C=O) groups excluding carboxylic acids is 4. The number of aliphatic hydroxyl groups is 1. The van der Waals surface area contributed by atoms with Crippen LogP contribution in [-0.2, 0) is 35.0 Å². The molecular weight excluding hydrogens is 770 g/mol. The van der Waals surface area contributed by atoms with Gasteiger partial charge in [-0.15, -0.1) is 0 Å². The number of aromatic nitrogens is 1. The van der Waals surface area contributed by atoms with Gasteiger partial charge in [0.05, 0.1) is 36.5 Å². The number of nitrogens with zero attached hydrogens (tertiary/aromatic N) is 3. The molecule has 3 aliphatic heterocycles. The van der Waals surface area contributed by atoms with Gasteiger partial charge in [0.1, 0.15) is 40.7 Å². The van der Waals surface area contributed by atoms with Gasteiger partial charge < -0.3 is 44.3 Å². The zero-order valence-corrected chi connectivity index (χ0v) is 34.5. The van der Waals surface area contributed by atoms with Gasteiger partial charge in [-0.25, -0.2) is 9.59 Å². The summed E-state index contributed by atoms with van der Waals surface area (Å²) < 4.78 is 29.4. The van der Waals surface area contributed by atoms with Crippen LogP contribution in [-0.4, -0.2) is 109 Å². The van der Waals surface area contributed by atoms with Crippen LogP contribution in [0.25, 0.3) is 10.9 Å². The summed E-state index contributed by atoms with van der Waals surface area (Å²) in [4.78, 5) is 62.1. The Hall–Kier alpha value is -5.22. The number of fused-ring (bicyclic) bond motifs is 6. The molecule has 0 unspecified atom stereocenters. The molecule has 15 nitrogen and oxygen atoms in total. The van der Waals surface area contributed by atoms with Crippen LogP contribution in [0.2, 0.25) is 5.02 Å². The molecule has 3 aliphatic rings. The maximum absolute atomic E-state index is 14.3. The summed E-state index contributed by atoms with van der Waals surface area (Å²) in [7, 11) is 5.95. The van der Waals surface area contributed by atoms with Crippen LogP contribution >= 0.6 is 11.6 Å². The minimum absolute atomic E-state index is 0.0725. The van der Waals surface area contributed by atoms with Gasteiger partial charge in [0.15, 0.2) is 5.72 Å². The van der Waals surface area contributed by atoms with E-state index in [1.807, 2.05) is 13.0 Å². The summed E-state index contributed by atoms with van der Waals surface area (Å²) in [5.41, 5.74) is 6.22. The maximum atomic E-state index is 14.3. The molecule has 3 aromatic rings. The number of rotatable bonds is 6. The first kappa shape index (κ1) is 42.4. The molecule has 16 heteroatoms. The van der Waals surface area contributed by atoms with Crippen LogP contribution in [0.3, 0.4) is 0 Å². The van der Waals surface area contributed by atoms with Crippen molar-refractivity contribution >= 4 is 57.8 Å². The van der Waals surface area contributed by atoms with Crippen molar-refractivity contribution in [3.8, 4) is 5.75 Å². The number of nitrogens with two attached hydrogens (primary N) is 1. The number of amides is 3. The molecule has 2 fully saturated rings. The molecule has 0 aliphatic carbocycles. The van der Waals surface area contributed by atoms with E-state index in [1.54, 1.807) is 75.6 Å². The van der Waals surface area contributed by atoms with E-state index in [2.05, 4.69) is 10.3 Å². The lowest BCUT2D eigenvalue weighted by Gasteiger charge is -2.42. The van der Waals surface area contributed by atoms with Gasteiger partial charge in [0.25, 0.3) is 5.91 Å². The highest BCUT2D eigenvalue weighted by molar-refractivity contribution is 6.35. The second-order valence-electron chi connectivity index (χ2n) is 15.4. The van der Waals surface area contributed by atoms with Crippen molar-refractivity contribution in [2.45, 2.75) is 88.7 Å². The quantitative estimate of drug-likeness (QED) is 0.172. The highest BCUT2D eigenvalue weighted by atomic mass is 35.5. The van der Waals surface area contributed by atoms with Crippen LogP contribution < -0.4 is 20.7 Å². The normalized spacial score (nSPS) is 29.5. The average Bonchev–Trinajstić information content (AvgIpc) is 3.89. The number of anilines is 2. The molecule has 2 saturated heterocycles. The van der Waals surface area contributed by atoms with Gasteiger partial charge in [-0.3, -0.25) is 19.9 Å². The summed E-state index contributed by atoms with van der Waals surface area (Å²) in [6.45, 7) is 6.93. The number of pyridine rings is 1. The number of nitrogen functional groups attached to an aromatic ring is 1. The highest BCUT2D eigenvalue weighted by Crippen LogP contribution is 2.49. The third-order valence-electron chi connectivity index (χ3n) is 11.5.